The summed E-state index contributed by atoms with van der Waals surface area (Å²) in [5.41, 5.74) is 6.42. The minimum absolute atomic E-state index is 0.0371. The van der Waals surface area contributed by atoms with Crippen LogP contribution in [0.4, 0.5) is 14.0 Å². The summed E-state index contributed by atoms with van der Waals surface area (Å²) in [6.07, 6.45) is 1.32. The normalized spacial score (nSPS) is 14.3. The molecule has 0 aromatic heterocycles. The number of carbonyl (C=O) groups is 2. The third-order valence-corrected chi connectivity index (χ3v) is 6.42. The van der Waals surface area contributed by atoms with E-state index in [9.17, 15) is 14.0 Å². The summed E-state index contributed by atoms with van der Waals surface area (Å²) in [7, 11) is 0. The van der Waals surface area contributed by atoms with Crippen LogP contribution in [0.15, 0.2) is 47.5 Å². The standard InChI is InChI=1S/C29H38FN5O6/c1-3-38-28(36)33-26(31)21-6-8-22(9-7-21)40-17-5-14-35-15-12-20(13-16-35)19-41-23-10-11-24(25(30)18-23)27(32)34-29(37)39-4-2/h6-11,18,20H,3-5,12-17,19H2,1-2H3,(H2,31,33,36)(H2,32,34,37). The smallest absolute Gasteiger partial charge is 0.435 e. The number of hydrogen-bond donors (Lipinski definition) is 3. The van der Waals surface area contributed by atoms with Crippen molar-refractivity contribution in [1.29, 1.82) is 5.41 Å². The van der Waals surface area contributed by atoms with E-state index in [-0.39, 0.29) is 30.4 Å². The number of aliphatic imine (C=N–C) groups is 1. The predicted octanol–water partition coefficient (Wildman–Crippen LogP) is 4.32. The lowest BCUT2D eigenvalue weighted by atomic mass is 9.97. The molecule has 1 saturated heterocycles. The molecule has 2 aromatic carbocycles. The minimum atomic E-state index is -0.798. The highest BCUT2D eigenvalue weighted by atomic mass is 19.1. The average molecular weight is 572 g/mol. The summed E-state index contributed by atoms with van der Waals surface area (Å²) < 4.78 is 35.6. The second kappa shape index (κ2) is 16.2. The average Bonchev–Trinajstić information content (AvgIpc) is 2.95. The number of ether oxygens (including phenoxy) is 4. The SMILES string of the molecule is CCOC(=O)N=C(N)c1ccc(OCCCN2CCC(COc3ccc(C(=N)NC(=O)OCC)c(F)c3)CC2)cc1. The summed E-state index contributed by atoms with van der Waals surface area (Å²) >= 11 is 0. The van der Waals surface area contributed by atoms with Crippen LogP contribution in [-0.4, -0.2) is 74.8 Å². The molecular weight excluding hydrogens is 533 g/mol. The Morgan fingerprint density at radius 2 is 1.73 bits per heavy atom. The second-order valence-electron chi connectivity index (χ2n) is 9.38. The summed E-state index contributed by atoms with van der Waals surface area (Å²) in [6, 6.07) is 11.3. The fraction of sp³-hybridized carbons (Fsp3) is 0.448. The first-order valence-corrected chi connectivity index (χ1v) is 13.7. The van der Waals surface area contributed by atoms with Crippen LogP contribution in [-0.2, 0) is 9.47 Å². The van der Waals surface area contributed by atoms with Gasteiger partial charge < -0.3 is 29.6 Å². The fourth-order valence-corrected chi connectivity index (χ4v) is 4.23. The van der Waals surface area contributed by atoms with E-state index in [4.69, 9.17) is 30.1 Å². The Kier molecular flexibility index (Phi) is 12.4. The van der Waals surface area contributed by atoms with E-state index < -0.39 is 18.0 Å². The largest absolute Gasteiger partial charge is 0.494 e. The minimum Gasteiger partial charge on any atom is -0.494 e. The molecule has 12 heteroatoms. The van der Waals surface area contributed by atoms with E-state index in [1.54, 1.807) is 44.2 Å². The number of halogens is 1. The summed E-state index contributed by atoms with van der Waals surface area (Å²) in [4.78, 5) is 29.0. The summed E-state index contributed by atoms with van der Waals surface area (Å²) in [5, 5.41) is 10.1. The van der Waals surface area contributed by atoms with Gasteiger partial charge in [-0.05, 0) is 88.5 Å². The van der Waals surface area contributed by atoms with Gasteiger partial charge in [-0.1, -0.05) is 0 Å². The Balaban J connectivity index is 1.32. The van der Waals surface area contributed by atoms with Crippen LogP contribution in [0.25, 0.3) is 0 Å². The number of nitrogens with one attached hydrogen (secondary N) is 2. The summed E-state index contributed by atoms with van der Waals surface area (Å²) in [5.74, 6) is 0.542. The molecule has 1 aliphatic heterocycles. The van der Waals surface area contributed by atoms with E-state index in [2.05, 4.69) is 15.2 Å². The van der Waals surface area contributed by atoms with Crippen molar-refractivity contribution in [2.75, 3.05) is 46.1 Å². The Bertz CT molecular complexity index is 1200. The van der Waals surface area contributed by atoms with Gasteiger partial charge in [0.05, 0.1) is 32.0 Å². The van der Waals surface area contributed by atoms with Crippen LogP contribution in [0, 0.1) is 17.1 Å². The molecule has 0 spiro atoms. The first kappa shape index (κ1) is 31.3. The molecule has 2 aromatic rings. The van der Waals surface area contributed by atoms with Crippen LogP contribution in [0.5, 0.6) is 11.5 Å². The van der Waals surface area contributed by atoms with Crippen LogP contribution < -0.4 is 20.5 Å². The molecule has 1 heterocycles. The number of alkyl carbamates (subject to hydrolysis) is 1. The van der Waals surface area contributed by atoms with Crippen molar-refractivity contribution in [2.45, 2.75) is 33.1 Å². The van der Waals surface area contributed by atoms with E-state index in [0.29, 0.717) is 36.2 Å². The van der Waals surface area contributed by atoms with Gasteiger partial charge in [-0.15, -0.1) is 0 Å². The van der Waals surface area contributed by atoms with Gasteiger partial charge in [0.15, 0.2) is 0 Å². The number of amides is 2. The van der Waals surface area contributed by atoms with Crippen LogP contribution in [0.3, 0.4) is 0 Å². The molecule has 3 rings (SSSR count). The lowest BCUT2D eigenvalue weighted by molar-refractivity contribution is 0.135. The van der Waals surface area contributed by atoms with Gasteiger partial charge in [-0.3, -0.25) is 10.7 Å². The second-order valence-corrected chi connectivity index (χ2v) is 9.38. The van der Waals surface area contributed by atoms with Crippen molar-refractivity contribution in [2.24, 2.45) is 16.6 Å². The van der Waals surface area contributed by atoms with Crippen molar-refractivity contribution >= 4 is 23.9 Å². The van der Waals surface area contributed by atoms with E-state index in [1.165, 1.54) is 12.1 Å². The molecule has 0 radical (unpaired) electrons. The van der Waals surface area contributed by atoms with E-state index in [1.807, 2.05) is 0 Å². The zero-order valence-electron chi connectivity index (χ0n) is 23.5. The van der Waals surface area contributed by atoms with Gasteiger partial charge in [0, 0.05) is 18.2 Å². The molecule has 41 heavy (non-hydrogen) atoms. The number of nitrogens with two attached hydrogens (primary N) is 1. The lowest BCUT2D eigenvalue weighted by Crippen LogP contribution is -2.36. The topological polar surface area (TPSA) is 149 Å². The van der Waals surface area contributed by atoms with E-state index in [0.717, 1.165) is 38.9 Å². The predicted molar refractivity (Wildman–Crippen MR) is 152 cm³/mol. The molecule has 0 aliphatic carbocycles. The number of hydrogen-bond acceptors (Lipinski definition) is 8. The Hall–Kier alpha value is -4.19. The molecular formula is C29H38FN5O6. The molecule has 2 amide bonds. The van der Waals surface area contributed by atoms with E-state index >= 15 is 0 Å². The highest BCUT2D eigenvalue weighted by molar-refractivity contribution is 6.04. The zero-order chi connectivity index (χ0) is 29.6. The quantitative estimate of drug-likeness (QED) is 0.194. The number of rotatable bonds is 12. The van der Waals surface area contributed by atoms with Crippen LogP contribution >= 0.6 is 0 Å². The Morgan fingerprint density at radius 3 is 2.39 bits per heavy atom. The van der Waals surface area contributed by atoms with Gasteiger partial charge in [0.2, 0.25) is 0 Å². The molecule has 0 atom stereocenters. The number of benzene rings is 2. The number of piperidine rings is 1. The molecule has 4 N–H and O–H groups in total. The maximum atomic E-state index is 14.5. The van der Waals surface area contributed by atoms with Crippen molar-refractivity contribution < 1.29 is 32.9 Å². The molecule has 1 aliphatic rings. The van der Waals surface area contributed by atoms with Crippen LogP contribution in [0.1, 0.15) is 44.2 Å². The van der Waals surface area contributed by atoms with Gasteiger partial charge in [0.25, 0.3) is 0 Å². The molecule has 0 unspecified atom stereocenters. The maximum Gasteiger partial charge on any atom is 0.435 e. The first-order valence-electron chi connectivity index (χ1n) is 13.7. The number of likely N-dealkylation sites (tertiary alicyclic amines) is 1. The Labute approximate surface area is 239 Å². The lowest BCUT2D eigenvalue weighted by Gasteiger charge is -2.31. The third kappa shape index (κ3) is 10.4. The van der Waals surface area contributed by atoms with Crippen molar-refractivity contribution in [3.8, 4) is 11.5 Å². The molecule has 222 valence electrons. The van der Waals surface area contributed by atoms with Crippen molar-refractivity contribution in [1.82, 2.24) is 10.2 Å². The highest BCUT2D eigenvalue weighted by Gasteiger charge is 2.20. The fourth-order valence-electron chi connectivity index (χ4n) is 4.23. The van der Waals surface area contributed by atoms with Gasteiger partial charge >= 0.3 is 12.2 Å². The maximum absolute atomic E-state index is 14.5. The molecule has 0 bridgehead atoms. The molecule has 11 nitrogen and oxygen atoms in total. The van der Waals surface area contributed by atoms with Gasteiger partial charge in [-0.25, -0.2) is 14.0 Å². The highest BCUT2D eigenvalue weighted by Crippen LogP contribution is 2.22. The first-order chi connectivity index (χ1) is 19.8. The number of nitrogens with zero attached hydrogens (tertiary/aromatic N) is 2. The molecule has 0 saturated carbocycles. The van der Waals surface area contributed by atoms with Crippen LogP contribution in [0.2, 0.25) is 0 Å². The molecule has 1 fully saturated rings. The van der Waals surface area contributed by atoms with Crippen molar-refractivity contribution in [3.05, 3.63) is 59.4 Å². The van der Waals surface area contributed by atoms with Crippen molar-refractivity contribution in [3.63, 3.8) is 0 Å². The van der Waals surface area contributed by atoms with Gasteiger partial charge in [0.1, 0.15) is 29.0 Å². The zero-order valence-corrected chi connectivity index (χ0v) is 23.5. The number of carbonyl (C=O) groups excluding carboxylic acids is 2. The Morgan fingerprint density at radius 1 is 1.05 bits per heavy atom. The monoisotopic (exact) mass is 571 g/mol. The third-order valence-electron chi connectivity index (χ3n) is 6.42. The number of amidine groups is 2. The summed E-state index contributed by atoms with van der Waals surface area (Å²) in [6.45, 7) is 7.62. The van der Waals surface area contributed by atoms with Gasteiger partial charge in [-0.2, -0.15) is 4.99 Å².